The molecule has 304 valence electrons. The maximum Gasteiger partial charge on any atom is 0.303 e. The van der Waals surface area contributed by atoms with E-state index in [0.29, 0.717) is 0 Å². The molecule has 0 aromatic carbocycles. The van der Waals surface area contributed by atoms with Gasteiger partial charge in [-0.25, -0.2) is 0 Å². The summed E-state index contributed by atoms with van der Waals surface area (Å²) < 4.78 is 72.5. The summed E-state index contributed by atoms with van der Waals surface area (Å²) in [6.07, 6.45) is -23.5. The van der Waals surface area contributed by atoms with Crippen molar-refractivity contribution in [2.75, 3.05) is 19.8 Å². The summed E-state index contributed by atoms with van der Waals surface area (Å²) in [6.45, 7) is 6.05. The standard InChI is InChI=1S/C32H44O22/c1-11(33)42-8-18-23(45-13(3)35)26(47-15(5)37)21(40)31(51-18)54-27-22(41)30(50-19(9-43-12(2)34)24(27)46-14(4)36)53-25-20-10-44-32(52-20)29(49-17(7)39)28(25)48-16(6)38/h18-32,40-41H,8-10H2,1-7H3/t18-,19-,20-,21+,22+,23-,24-,25-,26-,27-,28+,29-,30+,31-,32-/m1/s1. The van der Waals surface area contributed by atoms with Crippen LogP contribution in [0.3, 0.4) is 0 Å². The van der Waals surface area contributed by atoms with Crippen molar-refractivity contribution >= 4 is 41.8 Å². The first-order valence-corrected chi connectivity index (χ1v) is 16.7. The van der Waals surface area contributed by atoms with Gasteiger partial charge < -0.3 is 71.8 Å². The normalized spacial score (nSPS) is 37.2. The maximum absolute atomic E-state index is 12.4. The minimum atomic E-state index is -2.01. The Hall–Kier alpha value is -4.03. The number of fused-ring (bicyclic) bond motifs is 2. The Balaban J connectivity index is 1.73. The van der Waals surface area contributed by atoms with Gasteiger partial charge in [0.2, 0.25) is 0 Å². The van der Waals surface area contributed by atoms with Crippen molar-refractivity contribution in [1.29, 1.82) is 0 Å². The van der Waals surface area contributed by atoms with E-state index in [1.54, 1.807) is 0 Å². The summed E-state index contributed by atoms with van der Waals surface area (Å²) in [5.74, 6) is -5.86. The molecule has 4 aliphatic heterocycles. The van der Waals surface area contributed by atoms with Gasteiger partial charge in [-0.05, 0) is 0 Å². The van der Waals surface area contributed by atoms with E-state index < -0.39 is 147 Å². The number of aliphatic hydroxyl groups excluding tert-OH is 2. The molecule has 2 bridgehead atoms. The zero-order chi connectivity index (χ0) is 40.0. The van der Waals surface area contributed by atoms with E-state index in [-0.39, 0.29) is 6.61 Å². The summed E-state index contributed by atoms with van der Waals surface area (Å²) in [7, 11) is 0. The van der Waals surface area contributed by atoms with Crippen molar-refractivity contribution < 1.29 is 105 Å². The van der Waals surface area contributed by atoms with Gasteiger partial charge in [0.25, 0.3) is 0 Å². The fourth-order valence-electron chi connectivity index (χ4n) is 6.28. The van der Waals surface area contributed by atoms with Crippen LogP contribution in [-0.4, -0.2) is 164 Å². The summed E-state index contributed by atoms with van der Waals surface area (Å²) in [5, 5.41) is 23.3. The number of esters is 7. The maximum atomic E-state index is 12.4. The second-order valence-corrected chi connectivity index (χ2v) is 12.6. The van der Waals surface area contributed by atoms with Gasteiger partial charge in [-0.1, -0.05) is 0 Å². The lowest BCUT2D eigenvalue weighted by Gasteiger charge is -2.48. The van der Waals surface area contributed by atoms with E-state index in [9.17, 15) is 43.8 Å². The monoisotopic (exact) mass is 780 g/mol. The Morgan fingerprint density at radius 1 is 0.481 bits per heavy atom. The van der Waals surface area contributed by atoms with Gasteiger partial charge in [0, 0.05) is 48.5 Å². The Morgan fingerprint density at radius 3 is 1.33 bits per heavy atom. The van der Waals surface area contributed by atoms with Gasteiger partial charge in [-0.2, -0.15) is 0 Å². The molecule has 0 spiro atoms. The van der Waals surface area contributed by atoms with Crippen molar-refractivity contribution in [1.82, 2.24) is 0 Å². The highest BCUT2D eigenvalue weighted by atomic mass is 16.8. The number of ether oxygens (including phenoxy) is 13. The van der Waals surface area contributed by atoms with Gasteiger partial charge in [-0.15, -0.1) is 0 Å². The average molecular weight is 781 g/mol. The van der Waals surface area contributed by atoms with Crippen LogP contribution in [0.1, 0.15) is 48.5 Å². The highest BCUT2D eigenvalue weighted by Crippen LogP contribution is 2.38. The lowest BCUT2D eigenvalue weighted by Crippen LogP contribution is -2.67. The summed E-state index contributed by atoms with van der Waals surface area (Å²) in [4.78, 5) is 84.3. The zero-order valence-electron chi connectivity index (χ0n) is 30.3. The largest absolute Gasteiger partial charge is 0.463 e. The molecule has 4 rings (SSSR count). The lowest BCUT2D eigenvalue weighted by molar-refractivity contribution is -0.372. The molecule has 4 aliphatic rings. The van der Waals surface area contributed by atoms with Crippen molar-refractivity contribution in [2.45, 2.75) is 141 Å². The first kappa shape index (κ1) is 42.7. The van der Waals surface area contributed by atoms with Crippen LogP contribution in [0.5, 0.6) is 0 Å². The number of carbonyl (C=O) groups excluding carboxylic acids is 7. The molecule has 22 heteroatoms. The van der Waals surface area contributed by atoms with Crippen molar-refractivity contribution in [3.05, 3.63) is 0 Å². The van der Waals surface area contributed by atoms with Gasteiger partial charge in [0.15, 0.2) is 49.4 Å². The van der Waals surface area contributed by atoms with Crippen molar-refractivity contribution in [3.8, 4) is 0 Å². The van der Waals surface area contributed by atoms with Crippen LogP contribution >= 0.6 is 0 Å². The molecule has 2 N–H and O–H groups in total. The summed E-state index contributed by atoms with van der Waals surface area (Å²) >= 11 is 0. The molecule has 4 saturated heterocycles. The average Bonchev–Trinajstić information content (AvgIpc) is 3.50. The number of carbonyl (C=O) groups is 7. The molecule has 0 unspecified atom stereocenters. The quantitative estimate of drug-likeness (QED) is 0.144. The van der Waals surface area contributed by atoms with Crippen LogP contribution in [0.4, 0.5) is 0 Å². The molecule has 0 aromatic rings. The predicted octanol–water partition coefficient (Wildman–Crippen LogP) is -2.53. The lowest BCUT2D eigenvalue weighted by atomic mass is 9.95. The molecule has 54 heavy (non-hydrogen) atoms. The van der Waals surface area contributed by atoms with Crippen LogP contribution in [0.2, 0.25) is 0 Å². The van der Waals surface area contributed by atoms with Crippen LogP contribution in [-0.2, 0) is 95.1 Å². The first-order valence-electron chi connectivity index (χ1n) is 16.7. The van der Waals surface area contributed by atoms with Crippen LogP contribution in [0, 0.1) is 0 Å². The molecule has 0 aliphatic carbocycles. The second-order valence-electron chi connectivity index (χ2n) is 12.6. The molecule has 4 fully saturated rings. The van der Waals surface area contributed by atoms with Gasteiger partial charge in [0.05, 0.1) is 6.61 Å². The van der Waals surface area contributed by atoms with Gasteiger partial charge in [-0.3, -0.25) is 33.6 Å². The zero-order valence-corrected chi connectivity index (χ0v) is 30.3. The smallest absolute Gasteiger partial charge is 0.303 e. The molecule has 0 amide bonds. The molecule has 22 nitrogen and oxygen atoms in total. The number of aliphatic hydroxyl groups is 2. The molecular weight excluding hydrogens is 736 g/mol. The third kappa shape index (κ3) is 10.8. The number of rotatable bonds is 13. The third-order valence-corrected chi connectivity index (χ3v) is 8.24. The highest BCUT2D eigenvalue weighted by molar-refractivity contribution is 5.69. The third-order valence-electron chi connectivity index (χ3n) is 8.24. The Morgan fingerprint density at radius 2 is 0.870 bits per heavy atom. The fourth-order valence-corrected chi connectivity index (χ4v) is 6.28. The first-order chi connectivity index (χ1) is 25.4. The minimum Gasteiger partial charge on any atom is -0.463 e. The SMILES string of the molecule is CC(=O)OC[C@H]1O[C@H](O[C@@H]2[C@H](O)[C@H](O[C@H]3[C@H](OC(C)=O)[C@@H](OC(C)=O)[C@@H]4OC[C@H]3O4)O[C@H](COC(C)=O)[C@H]2OC(C)=O)[C@@H](O)[C@@H](OC(C)=O)[C@@H]1OC(C)=O. The topological polar surface area (TPSA) is 280 Å². The Labute approximate surface area is 307 Å². The molecule has 0 radical (unpaired) electrons. The number of hydrogen-bond acceptors (Lipinski definition) is 22. The molecular formula is C32H44O22. The molecule has 0 saturated carbocycles. The Bertz CT molecular complexity index is 1400. The van der Waals surface area contributed by atoms with E-state index in [2.05, 4.69) is 0 Å². The van der Waals surface area contributed by atoms with Crippen LogP contribution < -0.4 is 0 Å². The van der Waals surface area contributed by atoms with Crippen LogP contribution in [0.25, 0.3) is 0 Å². The molecule has 4 heterocycles. The van der Waals surface area contributed by atoms with E-state index in [0.717, 1.165) is 48.5 Å². The summed E-state index contributed by atoms with van der Waals surface area (Å²) in [6, 6.07) is 0. The predicted molar refractivity (Wildman–Crippen MR) is 165 cm³/mol. The van der Waals surface area contributed by atoms with E-state index >= 15 is 0 Å². The number of hydrogen-bond donors (Lipinski definition) is 2. The second kappa shape index (κ2) is 18.5. The van der Waals surface area contributed by atoms with Crippen molar-refractivity contribution in [2.24, 2.45) is 0 Å². The molecule has 0 aromatic heterocycles. The fraction of sp³-hybridized carbons (Fsp3) is 0.781. The summed E-state index contributed by atoms with van der Waals surface area (Å²) in [5.41, 5.74) is 0. The van der Waals surface area contributed by atoms with Gasteiger partial charge in [0.1, 0.15) is 55.9 Å². The minimum absolute atomic E-state index is 0.145. The van der Waals surface area contributed by atoms with E-state index in [1.165, 1.54) is 0 Å². The highest BCUT2D eigenvalue weighted by Gasteiger charge is 2.59. The van der Waals surface area contributed by atoms with Crippen molar-refractivity contribution in [3.63, 3.8) is 0 Å². The van der Waals surface area contributed by atoms with Crippen LogP contribution in [0.15, 0.2) is 0 Å². The Kier molecular flexibility index (Phi) is 14.7. The van der Waals surface area contributed by atoms with Gasteiger partial charge >= 0.3 is 41.8 Å². The van der Waals surface area contributed by atoms with E-state index in [4.69, 9.17) is 61.6 Å². The van der Waals surface area contributed by atoms with E-state index in [1.807, 2.05) is 0 Å². The molecule has 15 atom stereocenters.